The molecule has 0 aromatic heterocycles. The molecule has 0 amide bonds. The summed E-state index contributed by atoms with van der Waals surface area (Å²) in [7, 11) is 1.65. The first-order chi connectivity index (χ1) is 13.9. The van der Waals surface area contributed by atoms with Gasteiger partial charge >= 0.3 is 0 Å². The van der Waals surface area contributed by atoms with Gasteiger partial charge in [-0.05, 0) is 42.5 Å². The van der Waals surface area contributed by atoms with Crippen LogP contribution in [0.3, 0.4) is 0 Å². The molecule has 0 saturated carbocycles. The Labute approximate surface area is 171 Å². The van der Waals surface area contributed by atoms with Gasteiger partial charge in [0.1, 0.15) is 30.0 Å². The van der Waals surface area contributed by atoms with Crippen molar-refractivity contribution in [1.29, 1.82) is 0 Å². The fourth-order valence-corrected chi connectivity index (χ4v) is 4.85. The molecule has 1 aromatic carbocycles. The number of hydrogen-bond acceptors (Lipinski definition) is 4. The van der Waals surface area contributed by atoms with E-state index in [0.29, 0.717) is 12.2 Å². The fourth-order valence-electron chi connectivity index (χ4n) is 4.85. The standard InChI is InChI=1S/C25H26O4/c1-14-9-20-18(11-19(14)27-4)22-21(13-28-20)29-24-16-7-8-25(2,3)12-15(10-16)5-6-17(24)23(22)26/h5-11,16,21-22H,12-13H2,1-4H3/t16?,21-,22+/m1/s1. The molecule has 5 rings (SSSR count). The van der Waals surface area contributed by atoms with Crippen LogP contribution in [0.2, 0.25) is 0 Å². The molecule has 3 atom stereocenters. The second-order valence-corrected chi connectivity index (χ2v) is 9.07. The van der Waals surface area contributed by atoms with Crippen LogP contribution in [0.1, 0.15) is 37.3 Å². The molecule has 29 heavy (non-hydrogen) atoms. The zero-order valence-electron chi connectivity index (χ0n) is 17.3. The number of allylic oxidation sites excluding steroid dienone is 6. The van der Waals surface area contributed by atoms with E-state index in [-0.39, 0.29) is 29.1 Å². The van der Waals surface area contributed by atoms with Crippen LogP contribution in [-0.2, 0) is 9.53 Å². The van der Waals surface area contributed by atoms with Crippen LogP contribution in [0.25, 0.3) is 0 Å². The number of ether oxygens (including phenoxy) is 3. The number of aryl methyl sites for hydroxylation is 1. The number of carbonyl (C=O) groups excluding carboxylic acids is 1. The highest BCUT2D eigenvalue weighted by atomic mass is 16.5. The Morgan fingerprint density at radius 1 is 1.21 bits per heavy atom. The van der Waals surface area contributed by atoms with Gasteiger partial charge in [-0.2, -0.15) is 0 Å². The van der Waals surface area contributed by atoms with Crippen molar-refractivity contribution >= 4 is 5.78 Å². The highest BCUT2D eigenvalue weighted by Crippen LogP contribution is 2.47. The number of rotatable bonds is 1. The van der Waals surface area contributed by atoms with Crippen molar-refractivity contribution in [2.45, 2.75) is 39.2 Å². The lowest BCUT2D eigenvalue weighted by Crippen LogP contribution is -2.42. The Morgan fingerprint density at radius 3 is 2.83 bits per heavy atom. The van der Waals surface area contributed by atoms with Crippen LogP contribution in [-0.4, -0.2) is 25.6 Å². The number of Topliss-reactive ketones (excluding diaryl/α,β-unsaturated/α-hetero) is 1. The molecule has 150 valence electrons. The molecule has 2 aliphatic carbocycles. The summed E-state index contributed by atoms with van der Waals surface area (Å²) in [5, 5.41) is 0. The summed E-state index contributed by atoms with van der Waals surface area (Å²) in [6.45, 7) is 6.81. The third-order valence-electron chi connectivity index (χ3n) is 6.30. The molecule has 2 aliphatic heterocycles. The van der Waals surface area contributed by atoms with Gasteiger partial charge in [0.2, 0.25) is 0 Å². The first kappa shape index (κ1) is 18.3. The minimum Gasteiger partial charge on any atom is -0.496 e. The van der Waals surface area contributed by atoms with Gasteiger partial charge in [0.05, 0.1) is 24.5 Å². The highest BCUT2D eigenvalue weighted by Gasteiger charge is 2.45. The van der Waals surface area contributed by atoms with Crippen molar-refractivity contribution in [2.75, 3.05) is 13.7 Å². The lowest BCUT2D eigenvalue weighted by Gasteiger charge is -2.38. The predicted octanol–water partition coefficient (Wildman–Crippen LogP) is 4.80. The monoisotopic (exact) mass is 390 g/mol. The number of methoxy groups -OCH3 is 1. The molecule has 2 bridgehead atoms. The number of fused-ring (bicyclic) bond motifs is 5. The molecule has 0 spiro atoms. The van der Waals surface area contributed by atoms with E-state index < -0.39 is 0 Å². The Morgan fingerprint density at radius 2 is 2.03 bits per heavy atom. The van der Waals surface area contributed by atoms with Gasteiger partial charge in [-0.25, -0.2) is 0 Å². The van der Waals surface area contributed by atoms with Crippen LogP contribution in [0.5, 0.6) is 11.5 Å². The Bertz CT molecular complexity index is 1020. The summed E-state index contributed by atoms with van der Waals surface area (Å²) in [5.74, 6) is 1.98. The average Bonchev–Trinajstić information content (AvgIpc) is 2.94. The molecule has 4 heteroatoms. The molecule has 2 heterocycles. The van der Waals surface area contributed by atoms with Crippen LogP contribution in [0.4, 0.5) is 0 Å². The second-order valence-electron chi connectivity index (χ2n) is 9.07. The molecular formula is C25H26O4. The van der Waals surface area contributed by atoms with Gasteiger partial charge in [0, 0.05) is 5.56 Å². The normalized spacial score (nSPS) is 28.8. The van der Waals surface area contributed by atoms with Crippen LogP contribution < -0.4 is 9.47 Å². The maximum atomic E-state index is 13.7. The fraction of sp³-hybridized carbons (Fsp3) is 0.400. The quantitative estimate of drug-likeness (QED) is 0.646. The maximum Gasteiger partial charge on any atom is 0.177 e. The highest BCUT2D eigenvalue weighted by molar-refractivity contribution is 6.05. The Kier molecular flexibility index (Phi) is 4.02. The largest absolute Gasteiger partial charge is 0.496 e. The smallest absolute Gasteiger partial charge is 0.177 e. The van der Waals surface area contributed by atoms with Crippen LogP contribution >= 0.6 is 0 Å². The van der Waals surface area contributed by atoms with E-state index >= 15 is 0 Å². The van der Waals surface area contributed by atoms with E-state index in [2.05, 4.69) is 38.2 Å². The summed E-state index contributed by atoms with van der Waals surface area (Å²) in [6.07, 6.45) is 11.3. The topological polar surface area (TPSA) is 44.8 Å². The number of carbonyl (C=O) groups is 1. The summed E-state index contributed by atoms with van der Waals surface area (Å²) in [5.41, 5.74) is 3.86. The Balaban J connectivity index is 1.60. The summed E-state index contributed by atoms with van der Waals surface area (Å²) >= 11 is 0. The lowest BCUT2D eigenvalue weighted by molar-refractivity contribution is -0.124. The van der Waals surface area contributed by atoms with Crippen molar-refractivity contribution < 1.29 is 19.0 Å². The van der Waals surface area contributed by atoms with E-state index in [1.165, 1.54) is 5.57 Å². The summed E-state index contributed by atoms with van der Waals surface area (Å²) in [6, 6.07) is 3.89. The van der Waals surface area contributed by atoms with Gasteiger partial charge in [-0.15, -0.1) is 0 Å². The van der Waals surface area contributed by atoms with Crippen molar-refractivity contribution in [3.8, 4) is 11.5 Å². The van der Waals surface area contributed by atoms with Gasteiger partial charge in [-0.1, -0.05) is 43.7 Å². The van der Waals surface area contributed by atoms with E-state index in [1.807, 2.05) is 25.1 Å². The molecule has 0 radical (unpaired) electrons. The van der Waals surface area contributed by atoms with E-state index in [9.17, 15) is 4.79 Å². The molecule has 1 unspecified atom stereocenters. The van der Waals surface area contributed by atoms with Crippen molar-refractivity contribution in [3.63, 3.8) is 0 Å². The van der Waals surface area contributed by atoms with Gasteiger partial charge in [-0.3, -0.25) is 4.79 Å². The van der Waals surface area contributed by atoms with Gasteiger partial charge in [0.15, 0.2) is 5.78 Å². The molecule has 4 aliphatic rings. The zero-order chi connectivity index (χ0) is 20.3. The first-order valence-electron chi connectivity index (χ1n) is 10.2. The van der Waals surface area contributed by atoms with Gasteiger partial charge in [0.25, 0.3) is 0 Å². The second kappa shape index (κ2) is 6.38. The third kappa shape index (κ3) is 2.93. The molecule has 1 aromatic rings. The van der Waals surface area contributed by atoms with Crippen LogP contribution in [0, 0.1) is 18.3 Å². The molecule has 4 nitrogen and oxygen atoms in total. The maximum absolute atomic E-state index is 13.7. The lowest BCUT2D eigenvalue weighted by atomic mass is 9.80. The Hall–Kier alpha value is -2.75. The first-order valence-corrected chi connectivity index (χ1v) is 10.2. The van der Waals surface area contributed by atoms with Crippen molar-refractivity contribution in [2.24, 2.45) is 11.3 Å². The van der Waals surface area contributed by atoms with E-state index in [1.54, 1.807) is 7.11 Å². The minimum absolute atomic E-state index is 0.0179. The molecule has 0 saturated heterocycles. The summed E-state index contributed by atoms with van der Waals surface area (Å²) in [4.78, 5) is 13.7. The number of ketones is 1. The van der Waals surface area contributed by atoms with Crippen molar-refractivity contribution in [1.82, 2.24) is 0 Å². The summed E-state index contributed by atoms with van der Waals surface area (Å²) < 4.78 is 17.9. The zero-order valence-corrected chi connectivity index (χ0v) is 17.3. The van der Waals surface area contributed by atoms with E-state index in [4.69, 9.17) is 14.2 Å². The number of hydrogen-bond donors (Lipinski definition) is 0. The number of benzene rings is 1. The van der Waals surface area contributed by atoms with Gasteiger partial charge < -0.3 is 14.2 Å². The van der Waals surface area contributed by atoms with Crippen LogP contribution in [0.15, 0.2) is 59.4 Å². The minimum atomic E-state index is -0.373. The SMILES string of the molecule is COc1cc2c(cc1C)OC[C@H]1OC3=C(C=CC4=CC3C=CC(C)(C)C4)C(=O)[C@@H]21. The molecular weight excluding hydrogens is 364 g/mol. The molecule has 0 fully saturated rings. The molecule has 0 N–H and O–H groups in total. The van der Waals surface area contributed by atoms with E-state index in [0.717, 1.165) is 34.8 Å². The average molecular weight is 390 g/mol. The third-order valence-corrected chi connectivity index (χ3v) is 6.30. The van der Waals surface area contributed by atoms with Crippen molar-refractivity contribution in [3.05, 3.63) is 70.5 Å². The predicted molar refractivity (Wildman–Crippen MR) is 111 cm³/mol.